The fraction of sp³-hybridized carbons (Fsp3) is 0.426. The number of rotatable bonds is 13. The Labute approximate surface area is 351 Å². The molecular weight excluding hydrogens is 763 g/mol. The van der Waals surface area contributed by atoms with Crippen molar-refractivity contribution >= 4 is 50.3 Å². The van der Waals surface area contributed by atoms with Gasteiger partial charge in [0, 0.05) is 24.2 Å². The molecule has 1 N–H and O–H groups in total. The molecule has 0 spiro atoms. The van der Waals surface area contributed by atoms with Gasteiger partial charge in [0.05, 0.1) is 30.0 Å². The first-order valence-corrected chi connectivity index (χ1v) is 21.6. The van der Waals surface area contributed by atoms with Crippen LogP contribution in [0.1, 0.15) is 91.4 Å². The molecule has 1 amide bonds. The number of anilines is 2. The number of carbonyl (C=O) groups is 3. The Bertz CT molecular complexity index is 2280. The number of fused-ring (bicyclic) bond motifs is 2. The molecule has 310 valence electrons. The average Bonchev–Trinajstić information content (AvgIpc) is 3.63. The number of piperidine rings is 1. The Kier molecular flexibility index (Phi) is 13.0. The predicted molar refractivity (Wildman–Crippen MR) is 233 cm³/mol. The quantitative estimate of drug-likeness (QED) is 0.115. The number of nitrogens with zero attached hydrogens (tertiary/aromatic N) is 4. The molecule has 11 nitrogen and oxygen atoms in total. The molecule has 59 heavy (non-hydrogen) atoms. The van der Waals surface area contributed by atoms with Crippen LogP contribution in [-0.4, -0.2) is 77.7 Å². The third-order valence-electron chi connectivity index (χ3n) is 11.3. The maximum atomic E-state index is 13.9. The van der Waals surface area contributed by atoms with Crippen molar-refractivity contribution in [2.45, 2.75) is 79.4 Å². The summed E-state index contributed by atoms with van der Waals surface area (Å²) in [6.45, 7) is 16.0. The molecule has 2 aliphatic heterocycles. The number of likely N-dealkylation sites (tertiary alicyclic amines) is 1. The number of hydrogen-bond donors (Lipinski definition) is 1. The van der Waals surface area contributed by atoms with Gasteiger partial charge in [0.2, 0.25) is 0 Å². The Hall–Kier alpha value is -5.33. The monoisotopic (exact) mass is 817 g/mol. The lowest BCUT2D eigenvalue weighted by atomic mass is 9.84. The number of hydrogen-bond acceptors (Lipinski definition) is 11. The highest BCUT2D eigenvalue weighted by molar-refractivity contribution is 7.22. The van der Waals surface area contributed by atoms with E-state index in [9.17, 15) is 14.4 Å². The molecule has 7 rings (SSSR count). The van der Waals surface area contributed by atoms with Gasteiger partial charge in [0.1, 0.15) is 17.2 Å². The number of benzene rings is 3. The van der Waals surface area contributed by atoms with Gasteiger partial charge in [0.25, 0.3) is 5.91 Å². The molecule has 2 aliphatic rings. The Morgan fingerprint density at radius 3 is 2.47 bits per heavy atom. The van der Waals surface area contributed by atoms with Crippen LogP contribution >= 0.6 is 11.3 Å². The minimum atomic E-state index is -0.726. The maximum Gasteiger partial charge on any atom is 0.358 e. The summed E-state index contributed by atoms with van der Waals surface area (Å²) in [6.07, 6.45) is 3.73. The highest BCUT2D eigenvalue weighted by Gasteiger charge is 2.29. The summed E-state index contributed by atoms with van der Waals surface area (Å²) >= 11 is 1.45. The SMILES string of the molecule is CCOC(=O)CN1CCC([C@@H](C)CCOc2cccc(-c3ccc(N4CCc5cccc(C(=O)Nc6nc7ccccc7s6)c5C4)nc3C(=O)OC(C)(C)C)c2C)CC1. The Balaban J connectivity index is 1.07. The van der Waals surface area contributed by atoms with E-state index in [-0.39, 0.29) is 17.6 Å². The van der Waals surface area contributed by atoms with Crippen molar-refractivity contribution in [2.24, 2.45) is 11.8 Å². The molecule has 0 saturated carbocycles. The van der Waals surface area contributed by atoms with Crippen molar-refractivity contribution in [1.82, 2.24) is 14.9 Å². The number of para-hydroxylation sites is 1. The smallest absolute Gasteiger partial charge is 0.358 e. The van der Waals surface area contributed by atoms with Crippen LogP contribution in [0.25, 0.3) is 21.3 Å². The fourth-order valence-electron chi connectivity index (χ4n) is 8.13. The number of pyridine rings is 1. The number of carbonyl (C=O) groups excluding carboxylic acids is 3. The molecule has 1 fully saturated rings. The third kappa shape index (κ3) is 10.1. The molecule has 12 heteroatoms. The van der Waals surface area contributed by atoms with E-state index in [1.54, 1.807) is 0 Å². The van der Waals surface area contributed by atoms with Crippen molar-refractivity contribution < 1.29 is 28.6 Å². The highest BCUT2D eigenvalue weighted by atomic mass is 32.1. The van der Waals surface area contributed by atoms with E-state index in [2.05, 4.69) is 33.1 Å². The highest BCUT2D eigenvalue weighted by Crippen LogP contribution is 2.36. The number of amides is 1. The second-order valence-electron chi connectivity index (χ2n) is 16.6. The Morgan fingerprint density at radius 2 is 1.71 bits per heavy atom. The van der Waals surface area contributed by atoms with E-state index in [0.29, 0.717) is 73.2 Å². The summed E-state index contributed by atoms with van der Waals surface area (Å²) in [7, 11) is 0. The molecule has 4 heterocycles. The van der Waals surface area contributed by atoms with Crippen molar-refractivity contribution in [3.05, 3.63) is 101 Å². The summed E-state index contributed by atoms with van der Waals surface area (Å²) < 4.78 is 18.5. The summed E-state index contributed by atoms with van der Waals surface area (Å²) in [5.41, 5.74) is 5.42. The summed E-state index contributed by atoms with van der Waals surface area (Å²) in [4.78, 5) is 53.5. The maximum absolute atomic E-state index is 13.9. The van der Waals surface area contributed by atoms with Crippen molar-refractivity contribution in [1.29, 1.82) is 0 Å². The molecule has 1 saturated heterocycles. The molecule has 1 atom stereocenters. The summed E-state index contributed by atoms with van der Waals surface area (Å²) in [5.74, 6) is 1.59. The number of thiazole rings is 1. The first kappa shape index (κ1) is 41.8. The van der Waals surface area contributed by atoms with Crippen LogP contribution in [0.15, 0.2) is 72.8 Å². The lowest BCUT2D eigenvalue weighted by Crippen LogP contribution is -2.39. The van der Waals surface area contributed by atoms with Crippen LogP contribution in [0, 0.1) is 18.8 Å². The molecule has 3 aromatic carbocycles. The topological polar surface area (TPSA) is 123 Å². The Morgan fingerprint density at radius 1 is 0.932 bits per heavy atom. The largest absolute Gasteiger partial charge is 0.493 e. The molecule has 0 bridgehead atoms. The second-order valence-corrected chi connectivity index (χ2v) is 17.6. The van der Waals surface area contributed by atoms with Crippen molar-refractivity contribution in [3.63, 3.8) is 0 Å². The van der Waals surface area contributed by atoms with Gasteiger partial charge in [-0.1, -0.05) is 54.7 Å². The van der Waals surface area contributed by atoms with Crippen molar-refractivity contribution in [2.75, 3.05) is 49.6 Å². The average molecular weight is 818 g/mol. The first-order valence-electron chi connectivity index (χ1n) is 20.7. The van der Waals surface area contributed by atoms with E-state index >= 15 is 0 Å². The minimum absolute atomic E-state index is 0.151. The minimum Gasteiger partial charge on any atom is -0.493 e. The van der Waals surface area contributed by atoms with Gasteiger partial charge >= 0.3 is 11.9 Å². The first-order chi connectivity index (χ1) is 28.4. The van der Waals surface area contributed by atoms with Crippen LogP contribution < -0.4 is 15.0 Å². The third-order valence-corrected chi connectivity index (χ3v) is 12.3. The molecule has 2 aromatic heterocycles. The molecular formula is C47H55N5O6S. The number of esters is 2. The lowest BCUT2D eigenvalue weighted by Gasteiger charge is -2.34. The van der Waals surface area contributed by atoms with E-state index in [1.165, 1.54) is 11.3 Å². The summed E-state index contributed by atoms with van der Waals surface area (Å²) in [6, 6.07) is 23.5. The van der Waals surface area contributed by atoms with Gasteiger partial charge in [-0.2, -0.15) is 0 Å². The van der Waals surface area contributed by atoms with Crippen LogP contribution in [0.4, 0.5) is 10.9 Å². The zero-order valence-electron chi connectivity index (χ0n) is 35.0. The number of nitrogens with one attached hydrogen (secondary N) is 1. The van der Waals surface area contributed by atoms with Gasteiger partial charge in [-0.3, -0.25) is 19.8 Å². The van der Waals surface area contributed by atoms with E-state index < -0.39 is 11.6 Å². The van der Waals surface area contributed by atoms with Gasteiger partial charge in [0.15, 0.2) is 10.8 Å². The van der Waals surface area contributed by atoms with Gasteiger partial charge in [-0.15, -0.1) is 0 Å². The van der Waals surface area contributed by atoms with Gasteiger partial charge in [-0.05, 0) is 144 Å². The van der Waals surface area contributed by atoms with Crippen LogP contribution in [0.3, 0.4) is 0 Å². The van der Waals surface area contributed by atoms with E-state index in [1.807, 2.05) is 101 Å². The van der Waals surface area contributed by atoms with Crippen LogP contribution in [-0.2, 0) is 27.2 Å². The summed E-state index contributed by atoms with van der Waals surface area (Å²) in [5, 5.41) is 3.58. The molecule has 0 aliphatic carbocycles. The predicted octanol–water partition coefficient (Wildman–Crippen LogP) is 9.12. The lowest BCUT2D eigenvalue weighted by molar-refractivity contribution is -0.144. The normalized spacial score (nSPS) is 15.4. The van der Waals surface area contributed by atoms with Gasteiger partial charge < -0.3 is 19.1 Å². The molecule has 0 radical (unpaired) electrons. The van der Waals surface area contributed by atoms with Crippen LogP contribution in [0.2, 0.25) is 0 Å². The number of aromatic nitrogens is 2. The van der Waals surface area contributed by atoms with E-state index in [4.69, 9.17) is 19.2 Å². The zero-order valence-corrected chi connectivity index (χ0v) is 35.8. The van der Waals surface area contributed by atoms with E-state index in [0.717, 1.165) is 70.6 Å². The van der Waals surface area contributed by atoms with Crippen LogP contribution in [0.5, 0.6) is 5.75 Å². The standard InChI is InChI=1S/C47H55N5O6S/c1-7-56-42(53)29-51-24-20-32(21-25-51)30(2)23-27-57-39-16-11-13-34(31(39)3)35-18-19-41(49-43(35)45(55)58-47(4,5)6)52-26-22-33-12-10-14-36(37(33)28-52)44(54)50-46-48-38-15-8-9-17-40(38)59-46/h8-19,30,32H,7,20-29H2,1-6H3,(H,48,50,54)/t30-/m0/s1. The second kappa shape index (κ2) is 18.3. The zero-order chi connectivity index (χ0) is 41.7. The number of ether oxygens (including phenoxy) is 3. The molecule has 0 unspecified atom stereocenters. The van der Waals surface area contributed by atoms with Gasteiger partial charge in [-0.25, -0.2) is 14.8 Å². The van der Waals surface area contributed by atoms with Crippen molar-refractivity contribution in [3.8, 4) is 16.9 Å². The fourth-order valence-corrected chi connectivity index (χ4v) is 8.99. The molecule has 5 aromatic rings.